The number of benzene rings is 1. The molecule has 1 radical (unpaired) electrons. The van der Waals surface area contributed by atoms with Crippen molar-refractivity contribution in [3.05, 3.63) is 34.9 Å². The molecule has 3 N–H and O–H groups in total. The standard InChI is InChI=1S/C13H16N2O4.La/c1-15-6-5-14-7-10(15)8-3-2-4-9(12(16)17)11(8)13(18)19;/h2-4,10,14H,5-7H2,1H3,(H,16,17)(H,18,19);. The molecule has 6 nitrogen and oxygen atoms in total. The Morgan fingerprint density at radius 2 is 2.00 bits per heavy atom. The van der Waals surface area contributed by atoms with E-state index in [9.17, 15) is 14.7 Å². The van der Waals surface area contributed by atoms with Crippen LogP contribution >= 0.6 is 0 Å². The van der Waals surface area contributed by atoms with Crippen LogP contribution in [0.3, 0.4) is 0 Å². The van der Waals surface area contributed by atoms with E-state index in [0.29, 0.717) is 12.1 Å². The van der Waals surface area contributed by atoms with Gasteiger partial charge in [0, 0.05) is 61.3 Å². The van der Waals surface area contributed by atoms with Crippen molar-refractivity contribution < 1.29 is 55.4 Å². The van der Waals surface area contributed by atoms with Gasteiger partial charge in [-0.1, -0.05) is 12.1 Å². The van der Waals surface area contributed by atoms with E-state index in [-0.39, 0.29) is 52.8 Å². The third kappa shape index (κ3) is 3.48. The molecule has 0 spiro atoms. The Kier molecular flexibility index (Phi) is 6.35. The fourth-order valence-electron chi connectivity index (χ4n) is 2.42. The molecule has 0 aromatic heterocycles. The van der Waals surface area contributed by atoms with Crippen LogP contribution in [0.1, 0.15) is 32.3 Å². The largest absolute Gasteiger partial charge is 0.478 e. The van der Waals surface area contributed by atoms with Gasteiger partial charge in [0.1, 0.15) is 0 Å². The Balaban J connectivity index is 0.00000200. The number of carbonyl (C=O) groups is 2. The zero-order chi connectivity index (χ0) is 14.0. The summed E-state index contributed by atoms with van der Waals surface area (Å²) in [5.41, 5.74) is 0.265. The number of nitrogens with zero attached hydrogens (tertiary/aromatic N) is 1. The van der Waals surface area contributed by atoms with Crippen LogP contribution in [0.25, 0.3) is 0 Å². The second-order valence-corrected chi connectivity index (χ2v) is 4.58. The number of nitrogens with one attached hydrogen (secondary N) is 1. The fourth-order valence-corrected chi connectivity index (χ4v) is 2.42. The number of likely N-dealkylation sites (N-methyl/N-ethyl adjacent to an activating group) is 1. The van der Waals surface area contributed by atoms with Gasteiger partial charge in [-0.2, -0.15) is 0 Å². The first kappa shape index (κ1) is 17.3. The second-order valence-electron chi connectivity index (χ2n) is 4.58. The first-order valence-electron chi connectivity index (χ1n) is 6.03. The molecule has 0 bridgehead atoms. The Labute approximate surface area is 144 Å². The molecule has 1 unspecified atom stereocenters. The molecule has 1 aromatic carbocycles. The summed E-state index contributed by atoms with van der Waals surface area (Å²) in [6, 6.07) is 4.47. The maximum atomic E-state index is 11.4. The molecule has 2 rings (SSSR count). The molecule has 1 saturated heterocycles. The Morgan fingerprint density at radius 1 is 1.30 bits per heavy atom. The van der Waals surface area contributed by atoms with E-state index in [1.165, 1.54) is 6.07 Å². The van der Waals surface area contributed by atoms with Gasteiger partial charge < -0.3 is 15.5 Å². The summed E-state index contributed by atoms with van der Waals surface area (Å²) in [7, 11) is 1.91. The van der Waals surface area contributed by atoms with Crippen LogP contribution in [0.15, 0.2) is 18.2 Å². The topological polar surface area (TPSA) is 89.9 Å². The van der Waals surface area contributed by atoms with Gasteiger partial charge in [0.25, 0.3) is 0 Å². The molecule has 1 aliphatic rings. The van der Waals surface area contributed by atoms with Crippen molar-refractivity contribution in [1.29, 1.82) is 0 Å². The van der Waals surface area contributed by atoms with Crippen LogP contribution < -0.4 is 5.32 Å². The molecule has 1 atom stereocenters. The third-order valence-corrected chi connectivity index (χ3v) is 3.41. The van der Waals surface area contributed by atoms with Crippen molar-refractivity contribution in [3.63, 3.8) is 0 Å². The number of carboxylic acid groups (broad SMARTS) is 2. The summed E-state index contributed by atoms with van der Waals surface area (Å²) < 4.78 is 0. The number of carboxylic acids is 2. The normalized spacial score (nSPS) is 19.1. The van der Waals surface area contributed by atoms with Crippen LogP contribution in [0.2, 0.25) is 0 Å². The van der Waals surface area contributed by atoms with E-state index in [1.54, 1.807) is 12.1 Å². The molecular formula is C13H16LaN2O4. The summed E-state index contributed by atoms with van der Waals surface area (Å²) in [6.45, 7) is 2.24. The van der Waals surface area contributed by atoms with Crippen molar-refractivity contribution in [2.75, 3.05) is 26.7 Å². The van der Waals surface area contributed by atoms with Crippen LogP contribution in [0, 0.1) is 35.6 Å². The molecule has 0 saturated carbocycles. The quantitative estimate of drug-likeness (QED) is 0.687. The molecule has 1 heterocycles. The van der Waals surface area contributed by atoms with Gasteiger partial charge in [-0.25, -0.2) is 9.59 Å². The summed E-state index contributed by atoms with van der Waals surface area (Å²) in [4.78, 5) is 24.6. The molecule has 0 amide bonds. The van der Waals surface area contributed by atoms with Crippen LogP contribution in [0.4, 0.5) is 0 Å². The number of hydrogen-bond donors (Lipinski definition) is 3. The minimum atomic E-state index is -1.22. The average Bonchev–Trinajstić information content (AvgIpc) is 2.38. The number of aromatic carboxylic acids is 2. The summed E-state index contributed by atoms with van der Waals surface area (Å²) >= 11 is 0. The number of rotatable bonds is 3. The minimum absolute atomic E-state index is 0. The molecular weight excluding hydrogens is 387 g/mol. The van der Waals surface area contributed by atoms with Gasteiger partial charge in [-0.15, -0.1) is 0 Å². The first-order valence-corrected chi connectivity index (χ1v) is 6.03. The Bertz CT molecular complexity index is 521. The molecule has 20 heavy (non-hydrogen) atoms. The van der Waals surface area contributed by atoms with Crippen molar-refractivity contribution in [1.82, 2.24) is 10.2 Å². The maximum absolute atomic E-state index is 11.4. The monoisotopic (exact) mass is 403 g/mol. The Morgan fingerprint density at radius 3 is 2.55 bits per heavy atom. The zero-order valence-corrected chi connectivity index (χ0v) is 14.8. The summed E-state index contributed by atoms with van der Waals surface area (Å²) in [5, 5.41) is 21.6. The zero-order valence-electron chi connectivity index (χ0n) is 11.2. The number of hydrogen-bond acceptors (Lipinski definition) is 4. The molecule has 1 fully saturated rings. The van der Waals surface area contributed by atoms with E-state index < -0.39 is 11.9 Å². The van der Waals surface area contributed by atoms with E-state index in [4.69, 9.17) is 5.11 Å². The number of piperazine rings is 1. The van der Waals surface area contributed by atoms with Crippen molar-refractivity contribution >= 4 is 11.9 Å². The average molecular weight is 403 g/mol. The van der Waals surface area contributed by atoms with Gasteiger partial charge in [-0.3, -0.25) is 4.90 Å². The minimum Gasteiger partial charge on any atom is -0.478 e. The molecule has 1 aliphatic heterocycles. The van der Waals surface area contributed by atoms with Crippen LogP contribution in [-0.4, -0.2) is 53.7 Å². The molecule has 105 valence electrons. The SMILES string of the molecule is CN1CCNCC1c1cccc(C(=O)O)c1C(=O)O.[La]. The second kappa shape index (κ2) is 7.33. The van der Waals surface area contributed by atoms with Crippen molar-refractivity contribution in [2.24, 2.45) is 0 Å². The Hall–Kier alpha value is -0.725. The predicted octanol–water partition coefficient (Wildman–Crippen LogP) is 0.659. The van der Waals surface area contributed by atoms with Crippen LogP contribution in [0.5, 0.6) is 0 Å². The molecule has 0 aliphatic carbocycles. The summed E-state index contributed by atoms with van der Waals surface area (Å²) in [5.74, 6) is -2.42. The predicted molar refractivity (Wildman–Crippen MR) is 68.6 cm³/mol. The maximum Gasteiger partial charge on any atom is 0.336 e. The first-order chi connectivity index (χ1) is 9.02. The van der Waals surface area contributed by atoms with E-state index in [2.05, 4.69) is 5.32 Å². The van der Waals surface area contributed by atoms with Gasteiger partial charge in [0.2, 0.25) is 0 Å². The van der Waals surface area contributed by atoms with E-state index in [1.807, 2.05) is 11.9 Å². The molecule has 7 heteroatoms. The van der Waals surface area contributed by atoms with Crippen molar-refractivity contribution in [2.45, 2.75) is 6.04 Å². The van der Waals surface area contributed by atoms with Gasteiger partial charge >= 0.3 is 11.9 Å². The molecule has 1 aromatic rings. The van der Waals surface area contributed by atoms with Crippen LogP contribution in [-0.2, 0) is 0 Å². The van der Waals surface area contributed by atoms with E-state index >= 15 is 0 Å². The fraction of sp³-hybridized carbons (Fsp3) is 0.385. The third-order valence-electron chi connectivity index (χ3n) is 3.41. The van der Waals surface area contributed by atoms with Gasteiger partial charge in [0.05, 0.1) is 11.1 Å². The van der Waals surface area contributed by atoms with Gasteiger partial charge in [-0.05, 0) is 18.7 Å². The van der Waals surface area contributed by atoms with Gasteiger partial charge in [0.15, 0.2) is 0 Å². The van der Waals surface area contributed by atoms with Crippen molar-refractivity contribution in [3.8, 4) is 0 Å². The summed E-state index contributed by atoms with van der Waals surface area (Å²) in [6.07, 6.45) is 0. The van der Waals surface area contributed by atoms with E-state index in [0.717, 1.165) is 13.1 Å². The smallest absolute Gasteiger partial charge is 0.336 e.